The Morgan fingerprint density at radius 1 is 1.54 bits per heavy atom. The lowest BCUT2D eigenvalue weighted by atomic mass is 10.3. The molecule has 0 spiro atoms. The molecule has 4 heteroatoms. The van der Waals surface area contributed by atoms with Crippen LogP contribution in [-0.2, 0) is 0 Å². The lowest BCUT2D eigenvalue weighted by Gasteiger charge is -2.17. The number of hydrogen-bond acceptors (Lipinski definition) is 4. The lowest BCUT2D eigenvalue weighted by Crippen LogP contribution is -2.29. The summed E-state index contributed by atoms with van der Waals surface area (Å²) < 4.78 is 0. The summed E-state index contributed by atoms with van der Waals surface area (Å²) in [7, 11) is 2.01. The second kappa shape index (κ2) is 3.70. The molecule has 1 aromatic rings. The number of hydrogen-bond donors (Lipinski definition) is 1. The van der Waals surface area contributed by atoms with E-state index in [1.165, 1.54) is 12.1 Å². The molecular formula is C9H14N4. The van der Waals surface area contributed by atoms with Crippen LogP contribution in [0.1, 0.15) is 6.42 Å². The first kappa shape index (κ1) is 8.44. The molecule has 1 N–H and O–H groups in total. The molecule has 0 saturated carbocycles. The number of likely N-dealkylation sites (N-methyl/N-ethyl adjacent to an activating group) is 1. The number of rotatable bonds is 2. The molecule has 2 rings (SSSR count). The number of nitrogens with one attached hydrogen (secondary N) is 1. The van der Waals surface area contributed by atoms with Crippen molar-refractivity contribution in [3.63, 3.8) is 0 Å². The highest BCUT2D eigenvalue weighted by Crippen LogP contribution is 2.17. The minimum Gasteiger partial charge on any atom is -0.369 e. The van der Waals surface area contributed by atoms with E-state index in [0.29, 0.717) is 6.04 Å². The van der Waals surface area contributed by atoms with Gasteiger partial charge in [-0.05, 0) is 19.5 Å². The van der Waals surface area contributed by atoms with E-state index in [9.17, 15) is 0 Å². The van der Waals surface area contributed by atoms with Gasteiger partial charge in [0.25, 0.3) is 0 Å². The third-order valence-corrected chi connectivity index (χ3v) is 2.53. The van der Waals surface area contributed by atoms with Crippen LogP contribution in [-0.4, -0.2) is 36.4 Å². The van der Waals surface area contributed by atoms with Crippen LogP contribution in [0.25, 0.3) is 0 Å². The monoisotopic (exact) mass is 178 g/mol. The zero-order valence-corrected chi connectivity index (χ0v) is 7.77. The van der Waals surface area contributed by atoms with Gasteiger partial charge in [-0.3, -0.25) is 0 Å². The molecule has 1 fully saturated rings. The van der Waals surface area contributed by atoms with Gasteiger partial charge >= 0.3 is 0 Å². The second-order valence-corrected chi connectivity index (χ2v) is 3.32. The predicted octanol–water partition coefficient (Wildman–Crippen LogP) is 0.275. The van der Waals surface area contributed by atoms with Gasteiger partial charge in [0, 0.05) is 19.1 Å². The van der Waals surface area contributed by atoms with E-state index in [1.807, 2.05) is 19.3 Å². The van der Waals surface area contributed by atoms with Crippen LogP contribution >= 0.6 is 0 Å². The summed E-state index contributed by atoms with van der Waals surface area (Å²) in [6, 6.07) is 2.62. The molecule has 70 valence electrons. The zero-order chi connectivity index (χ0) is 9.10. The molecule has 0 amide bonds. The second-order valence-electron chi connectivity index (χ2n) is 3.32. The molecule has 1 saturated heterocycles. The molecule has 0 aliphatic carbocycles. The minimum atomic E-state index is 0.619. The molecule has 0 radical (unpaired) electrons. The van der Waals surface area contributed by atoms with Gasteiger partial charge in [0.05, 0.1) is 18.1 Å². The Morgan fingerprint density at radius 3 is 3.08 bits per heavy atom. The van der Waals surface area contributed by atoms with Crippen molar-refractivity contribution in [2.24, 2.45) is 0 Å². The fourth-order valence-corrected chi connectivity index (χ4v) is 1.70. The van der Waals surface area contributed by atoms with Crippen molar-refractivity contribution in [2.45, 2.75) is 12.5 Å². The highest BCUT2D eigenvalue weighted by Gasteiger charge is 2.20. The van der Waals surface area contributed by atoms with Gasteiger partial charge in [0.2, 0.25) is 0 Å². The highest BCUT2D eigenvalue weighted by molar-refractivity contribution is 5.44. The van der Waals surface area contributed by atoms with Gasteiger partial charge in [-0.25, -0.2) is 0 Å². The Morgan fingerprint density at radius 2 is 2.46 bits per heavy atom. The zero-order valence-electron chi connectivity index (χ0n) is 7.77. The van der Waals surface area contributed by atoms with Crippen molar-refractivity contribution in [3.8, 4) is 0 Å². The first-order valence-corrected chi connectivity index (χ1v) is 4.59. The quantitative estimate of drug-likeness (QED) is 0.706. The molecule has 0 aromatic carbocycles. The van der Waals surface area contributed by atoms with Crippen LogP contribution in [0.4, 0.5) is 5.69 Å². The van der Waals surface area contributed by atoms with Gasteiger partial charge in [0.15, 0.2) is 0 Å². The first-order valence-electron chi connectivity index (χ1n) is 4.59. The molecule has 1 aromatic heterocycles. The molecular weight excluding hydrogens is 164 g/mol. The number of aromatic nitrogens is 2. The van der Waals surface area contributed by atoms with Crippen molar-refractivity contribution in [1.29, 1.82) is 0 Å². The van der Waals surface area contributed by atoms with Crippen molar-refractivity contribution >= 4 is 5.69 Å². The van der Waals surface area contributed by atoms with Crippen LogP contribution in [0.5, 0.6) is 0 Å². The Bertz CT molecular complexity index is 262. The third-order valence-electron chi connectivity index (χ3n) is 2.53. The maximum atomic E-state index is 3.87. The van der Waals surface area contributed by atoms with Gasteiger partial charge in [-0.1, -0.05) is 0 Å². The van der Waals surface area contributed by atoms with Gasteiger partial charge in [0.1, 0.15) is 0 Å². The predicted molar refractivity (Wildman–Crippen MR) is 51.7 cm³/mol. The molecule has 1 aliphatic heterocycles. The number of anilines is 1. The lowest BCUT2D eigenvalue weighted by molar-refractivity contribution is 0.617. The Hall–Kier alpha value is -1.16. The standard InChI is InChI=1S/C9H14N4/c1-10-8-3-5-13(7-8)9-2-4-11-12-6-9/h2,4,6,8,10H,3,5,7H2,1H3/t8-/m0/s1. The summed E-state index contributed by atoms with van der Waals surface area (Å²) in [6.45, 7) is 2.18. The summed E-state index contributed by atoms with van der Waals surface area (Å²) in [5.74, 6) is 0. The van der Waals surface area contributed by atoms with Crippen molar-refractivity contribution in [2.75, 3.05) is 25.0 Å². The minimum absolute atomic E-state index is 0.619. The Labute approximate surface area is 78.0 Å². The molecule has 0 unspecified atom stereocenters. The van der Waals surface area contributed by atoms with E-state index in [0.717, 1.165) is 13.1 Å². The van der Waals surface area contributed by atoms with Gasteiger partial charge in [-0.15, -0.1) is 0 Å². The average Bonchev–Trinajstić information content (AvgIpc) is 2.67. The van der Waals surface area contributed by atoms with Gasteiger partial charge < -0.3 is 10.2 Å². The van der Waals surface area contributed by atoms with Crippen molar-refractivity contribution in [3.05, 3.63) is 18.5 Å². The fourth-order valence-electron chi connectivity index (χ4n) is 1.70. The summed E-state index contributed by atoms with van der Waals surface area (Å²) >= 11 is 0. The van der Waals surface area contributed by atoms with E-state index < -0.39 is 0 Å². The Balaban J connectivity index is 2.04. The van der Waals surface area contributed by atoms with E-state index in [1.54, 1.807) is 6.20 Å². The van der Waals surface area contributed by atoms with Crippen LogP contribution in [0, 0.1) is 0 Å². The van der Waals surface area contributed by atoms with Crippen LogP contribution in [0.2, 0.25) is 0 Å². The topological polar surface area (TPSA) is 41.0 Å². The van der Waals surface area contributed by atoms with Gasteiger partial charge in [-0.2, -0.15) is 10.2 Å². The summed E-state index contributed by atoms with van der Waals surface area (Å²) in [5.41, 5.74) is 1.17. The van der Waals surface area contributed by atoms with E-state index >= 15 is 0 Å². The smallest absolute Gasteiger partial charge is 0.0729 e. The third kappa shape index (κ3) is 1.78. The van der Waals surface area contributed by atoms with Crippen molar-refractivity contribution in [1.82, 2.24) is 15.5 Å². The van der Waals surface area contributed by atoms with E-state index in [2.05, 4.69) is 20.4 Å². The van der Waals surface area contributed by atoms with E-state index in [4.69, 9.17) is 0 Å². The highest BCUT2D eigenvalue weighted by atomic mass is 15.2. The summed E-state index contributed by atoms with van der Waals surface area (Å²) in [5, 5.41) is 10.9. The first-order chi connectivity index (χ1) is 6.40. The average molecular weight is 178 g/mol. The molecule has 0 bridgehead atoms. The largest absolute Gasteiger partial charge is 0.369 e. The molecule has 1 atom stereocenters. The molecule has 4 nitrogen and oxygen atoms in total. The molecule has 13 heavy (non-hydrogen) atoms. The molecule has 1 aliphatic rings. The maximum absolute atomic E-state index is 3.87. The van der Waals surface area contributed by atoms with E-state index in [-0.39, 0.29) is 0 Å². The van der Waals surface area contributed by atoms with Crippen molar-refractivity contribution < 1.29 is 0 Å². The Kier molecular flexibility index (Phi) is 2.40. The SMILES string of the molecule is CN[C@H]1CCN(c2ccnnc2)C1. The number of nitrogens with zero attached hydrogens (tertiary/aromatic N) is 3. The van der Waals surface area contributed by atoms with Crippen LogP contribution < -0.4 is 10.2 Å². The molecule has 2 heterocycles. The normalized spacial score (nSPS) is 22.2. The maximum Gasteiger partial charge on any atom is 0.0729 e. The fraction of sp³-hybridized carbons (Fsp3) is 0.556. The van der Waals surface area contributed by atoms with Crippen LogP contribution in [0.15, 0.2) is 18.5 Å². The summed E-state index contributed by atoms with van der Waals surface area (Å²) in [4.78, 5) is 2.33. The van der Waals surface area contributed by atoms with Crippen LogP contribution in [0.3, 0.4) is 0 Å². The summed E-state index contributed by atoms with van der Waals surface area (Å²) in [6.07, 6.45) is 4.76.